The van der Waals surface area contributed by atoms with Crippen LogP contribution in [-0.2, 0) is 11.3 Å². The van der Waals surface area contributed by atoms with E-state index in [1.165, 1.54) is 10.5 Å². The van der Waals surface area contributed by atoms with Crippen molar-refractivity contribution in [3.05, 3.63) is 45.5 Å². The molecule has 0 aromatic carbocycles. The third-order valence-electron chi connectivity index (χ3n) is 3.74. The lowest BCUT2D eigenvalue weighted by atomic mass is 10.1. The Labute approximate surface area is 132 Å². The van der Waals surface area contributed by atoms with Gasteiger partial charge in [-0.1, -0.05) is 11.6 Å². The van der Waals surface area contributed by atoms with Crippen LogP contribution in [0, 0.1) is 5.92 Å². The Bertz CT molecular complexity index is 719. The molecule has 0 radical (unpaired) electrons. The summed E-state index contributed by atoms with van der Waals surface area (Å²) >= 11 is 5.90. The highest BCUT2D eigenvalue weighted by Gasteiger charge is 2.18. The minimum absolute atomic E-state index is 0.0999. The second kappa shape index (κ2) is 6.75. The van der Waals surface area contributed by atoms with Crippen LogP contribution in [0.1, 0.15) is 5.69 Å². The van der Waals surface area contributed by atoms with E-state index in [0.717, 1.165) is 13.1 Å². The van der Waals surface area contributed by atoms with Crippen LogP contribution in [0.25, 0.3) is 5.65 Å². The second-order valence-electron chi connectivity index (χ2n) is 5.52. The summed E-state index contributed by atoms with van der Waals surface area (Å²) in [7, 11) is 0. The molecule has 0 saturated carbocycles. The summed E-state index contributed by atoms with van der Waals surface area (Å²) in [6.45, 7) is 3.35. The zero-order valence-electron chi connectivity index (χ0n) is 12.1. The number of pyridine rings is 1. The highest BCUT2D eigenvalue weighted by atomic mass is 35.5. The second-order valence-corrected chi connectivity index (χ2v) is 5.96. The molecule has 1 aliphatic heterocycles. The number of nitrogens with zero attached hydrogens (tertiary/aromatic N) is 3. The lowest BCUT2D eigenvalue weighted by Gasteiger charge is -2.21. The summed E-state index contributed by atoms with van der Waals surface area (Å²) in [5.74, 6) is 0.0999. The summed E-state index contributed by atoms with van der Waals surface area (Å²) in [6.07, 6.45) is 1.57. The van der Waals surface area contributed by atoms with Gasteiger partial charge in [0.15, 0.2) is 0 Å². The van der Waals surface area contributed by atoms with Crippen LogP contribution in [0.4, 0.5) is 0 Å². The Balaban J connectivity index is 1.84. The topological polar surface area (TPSA) is 67.1 Å². The summed E-state index contributed by atoms with van der Waals surface area (Å²) in [5, 5.41) is 9.82. The molecule has 6 nitrogen and oxygen atoms in total. The van der Waals surface area contributed by atoms with Gasteiger partial charge in [-0.05, 0) is 12.1 Å². The lowest BCUT2D eigenvalue weighted by Crippen LogP contribution is -2.32. The molecule has 22 heavy (non-hydrogen) atoms. The normalized spacial score (nSPS) is 20.2. The summed E-state index contributed by atoms with van der Waals surface area (Å²) < 4.78 is 6.91. The fraction of sp³-hybridized carbons (Fsp3) is 0.467. The van der Waals surface area contributed by atoms with E-state index < -0.39 is 0 Å². The van der Waals surface area contributed by atoms with Crippen LogP contribution in [0.3, 0.4) is 0 Å². The number of hydrogen-bond donors (Lipinski definition) is 1. The molecule has 0 unspecified atom stereocenters. The van der Waals surface area contributed by atoms with E-state index in [1.54, 1.807) is 18.3 Å². The smallest absolute Gasteiger partial charge is 0.258 e. The van der Waals surface area contributed by atoms with Gasteiger partial charge in [-0.2, -0.15) is 0 Å². The first kappa shape index (κ1) is 15.4. The minimum Gasteiger partial charge on any atom is -0.396 e. The van der Waals surface area contributed by atoms with Gasteiger partial charge in [0, 0.05) is 44.4 Å². The number of ether oxygens (including phenoxy) is 1. The molecule has 1 aliphatic rings. The first-order chi connectivity index (χ1) is 10.7. The molecule has 3 heterocycles. The average Bonchev–Trinajstić information content (AvgIpc) is 2.73. The van der Waals surface area contributed by atoms with Gasteiger partial charge in [0.2, 0.25) is 0 Å². The van der Waals surface area contributed by atoms with E-state index in [0.29, 0.717) is 36.1 Å². The zero-order chi connectivity index (χ0) is 15.5. The van der Waals surface area contributed by atoms with Crippen LogP contribution in [-0.4, -0.2) is 52.3 Å². The maximum Gasteiger partial charge on any atom is 0.258 e. The van der Waals surface area contributed by atoms with Gasteiger partial charge in [-0.3, -0.25) is 14.1 Å². The van der Waals surface area contributed by atoms with Gasteiger partial charge < -0.3 is 9.84 Å². The molecule has 1 fully saturated rings. The molecule has 3 rings (SSSR count). The van der Waals surface area contributed by atoms with Crippen molar-refractivity contribution in [3.63, 3.8) is 0 Å². The fourth-order valence-electron chi connectivity index (χ4n) is 2.64. The van der Waals surface area contributed by atoms with Gasteiger partial charge >= 0.3 is 0 Å². The van der Waals surface area contributed by atoms with Crippen molar-refractivity contribution in [2.75, 3.05) is 32.9 Å². The zero-order valence-corrected chi connectivity index (χ0v) is 12.9. The van der Waals surface area contributed by atoms with E-state index in [1.807, 2.05) is 0 Å². The Hall–Kier alpha value is -1.47. The third kappa shape index (κ3) is 3.47. The molecule has 0 aliphatic carbocycles. The molecule has 2 aromatic rings. The average molecular weight is 324 g/mol. The van der Waals surface area contributed by atoms with Crippen molar-refractivity contribution < 1.29 is 9.84 Å². The third-order valence-corrected chi connectivity index (χ3v) is 3.97. The standard InChI is InChI=1S/C15H18ClN3O3/c16-12-1-2-14-17-13(5-15(21)19(14)7-12)8-18-3-4-22-10-11(6-18)9-20/h1-2,5,7,11,20H,3-4,6,8-10H2/t11-/m0/s1. The predicted molar refractivity (Wildman–Crippen MR) is 83.1 cm³/mol. The van der Waals surface area contributed by atoms with Gasteiger partial charge in [0.25, 0.3) is 5.56 Å². The lowest BCUT2D eigenvalue weighted by molar-refractivity contribution is 0.0958. The van der Waals surface area contributed by atoms with Crippen molar-refractivity contribution in [3.8, 4) is 0 Å². The number of fused-ring (bicyclic) bond motifs is 1. The highest BCUT2D eigenvalue weighted by molar-refractivity contribution is 6.30. The Kier molecular flexibility index (Phi) is 4.73. The summed E-state index contributed by atoms with van der Waals surface area (Å²) in [6, 6.07) is 4.98. The molecule has 118 valence electrons. The molecular weight excluding hydrogens is 306 g/mol. The first-order valence-corrected chi connectivity index (χ1v) is 7.62. The molecule has 1 N–H and O–H groups in total. The monoisotopic (exact) mass is 323 g/mol. The largest absolute Gasteiger partial charge is 0.396 e. The van der Waals surface area contributed by atoms with Crippen LogP contribution < -0.4 is 5.56 Å². The van der Waals surface area contributed by atoms with Gasteiger partial charge in [0.1, 0.15) is 5.65 Å². The number of halogens is 1. The maximum absolute atomic E-state index is 12.2. The van der Waals surface area contributed by atoms with Crippen molar-refractivity contribution in [1.29, 1.82) is 0 Å². The van der Waals surface area contributed by atoms with Crippen LogP contribution in [0.5, 0.6) is 0 Å². The Morgan fingerprint density at radius 2 is 2.32 bits per heavy atom. The SMILES string of the molecule is O=c1cc(CN2CCOC[C@H](CO)C2)nc2ccc(Cl)cn12. The number of aromatic nitrogens is 2. The highest BCUT2D eigenvalue weighted by Crippen LogP contribution is 2.11. The Morgan fingerprint density at radius 1 is 1.45 bits per heavy atom. The number of hydrogen-bond acceptors (Lipinski definition) is 5. The summed E-state index contributed by atoms with van der Waals surface area (Å²) in [4.78, 5) is 18.8. The minimum atomic E-state index is -0.146. The van der Waals surface area contributed by atoms with Crippen molar-refractivity contribution in [2.24, 2.45) is 5.92 Å². The molecule has 0 spiro atoms. The van der Waals surface area contributed by atoms with E-state index in [4.69, 9.17) is 16.3 Å². The van der Waals surface area contributed by atoms with Crippen molar-refractivity contribution >= 4 is 17.2 Å². The van der Waals surface area contributed by atoms with Gasteiger partial charge in [-0.15, -0.1) is 0 Å². The first-order valence-electron chi connectivity index (χ1n) is 7.24. The summed E-state index contributed by atoms with van der Waals surface area (Å²) in [5.41, 5.74) is 1.15. The van der Waals surface area contributed by atoms with E-state index in [2.05, 4.69) is 9.88 Å². The number of aliphatic hydroxyl groups is 1. The number of aliphatic hydroxyl groups excluding tert-OH is 1. The number of rotatable bonds is 3. The molecule has 7 heteroatoms. The maximum atomic E-state index is 12.2. The van der Waals surface area contributed by atoms with E-state index in [-0.39, 0.29) is 18.1 Å². The molecule has 1 atom stereocenters. The van der Waals surface area contributed by atoms with E-state index >= 15 is 0 Å². The van der Waals surface area contributed by atoms with Gasteiger partial charge in [0.05, 0.1) is 23.9 Å². The quantitative estimate of drug-likeness (QED) is 0.904. The molecular formula is C15H18ClN3O3. The van der Waals surface area contributed by atoms with Crippen LogP contribution in [0.2, 0.25) is 5.02 Å². The van der Waals surface area contributed by atoms with Gasteiger partial charge in [-0.25, -0.2) is 4.98 Å². The van der Waals surface area contributed by atoms with Crippen molar-refractivity contribution in [2.45, 2.75) is 6.54 Å². The predicted octanol–water partition coefficient (Wildman–Crippen LogP) is 0.789. The van der Waals surface area contributed by atoms with Crippen LogP contribution >= 0.6 is 11.6 Å². The molecule has 0 amide bonds. The fourth-order valence-corrected chi connectivity index (χ4v) is 2.80. The van der Waals surface area contributed by atoms with Crippen LogP contribution in [0.15, 0.2) is 29.2 Å². The molecule has 1 saturated heterocycles. The molecule has 2 aromatic heterocycles. The van der Waals surface area contributed by atoms with Crippen molar-refractivity contribution in [1.82, 2.24) is 14.3 Å². The molecule has 0 bridgehead atoms. The Morgan fingerprint density at radius 3 is 3.14 bits per heavy atom. The van der Waals surface area contributed by atoms with E-state index in [9.17, 15) is 9.90 Å².